The molecule has 0 radical (unpaired) electrons. The molecule has 3 rings (SSSR count). The van der Waals surface area contributed by atoms with Gasteiger partial charge < -0.3 is 15.0 Å². The van der Waals surface area contributed by atoms with Crippen molar-refractivity contribution in [3.8, 4) is 5.75 Å². The number of hydrogen-bond donors (Lipinski definition) is 1. The van der Waals surface area contributed by atoms with Gasteiger partial charge in [0.05, 0.1) is 23.6 Å². The minimum absolute atomic E-state index is 0.0558. The number of nitrogens with zero attached hydrogens (tertiary/aromatic N) is 2. The van der Waals surface area contributed by atoms with Crippen LogP contribution in [0, 0.1) is 12.8 Å². The van der Waals surface area contributed by atoms with Gasteiger partial charge in [0, 0.05) is 42.8 Å². The first kappa shape index (κ1) is 25.0. The number of halogens is 1. The Balaban J connectivity index is 1.74. The fraction of sp³-hybridized carbons (Fsp3) is 0.391. The molecule has 0 spiro atoms. The first-order valence-corrected chi connectivity index (χ1v) is 12.5. The highest BCUT2D eigenvalue weighted by Crippen LogP contribution is 2.33. The molecular formula is C23H28ClN3O5S. The number of rotatable bonds is 8. The third-order valence-electron chi connectivity index (χ3n) is 5.73. The number of methoxy groups -OCH3 is 1. The van der Waals surface area contributed by atoms with Crippen molar-refractivity contribution >= 4 is 44.8 Å². The van der Waals surface area contributed by atoms with E-state index in [1.165, 1.54) is 28.4 Å². The maximum absolute atomic E-state index is 12.9. The van der Waals surface area contributed by atoms with Gasteiger partial charge in [0.1, 0.15) is 5.75 Å². The van der Waals surface area contributed by atoms with Crippen LogP contribution in [-0.4, -0.2) is 51.3 Å². The summed E-state index contributed by atoms with van der Waals surface area (Å²) in [6.45, 7) is 6.33. The van der Waals surface area contributed by atoms with E-state index in [0.29, 0.717) is 35.2 Å². The second kappa shape index (κ2) is 10.1. The minimum Gasteiger partial charge on any atom is -0.495 e. The number of carbonyl (C=O) groups is 2. The van der Waals surface area contributed by atoms with Crippen LogP contribution >= 0.6 is 11.6 Å². The summed E-state index contributed by atoms with van der Waals surface area (Å²) in [5, 5.41) is 3.36. The van der Waals surface area contributed by atoms with E-state index in [2.05, 4.69) is 5.32 Å². The van der Waals surface area contributed by atoms with Gasteiger partial charge in [0.2, 0.25) is 21.8 Å². The molecule has 178 valence electrons. The second-order valence-electron chi connectivity index (χ2n) is 7.78. The van der Waals surface area contributed by atoms with Gasteiger partial charge in [0.25, 0.3) is 0 Å². The molecule has 0 aromatic heterocycles. The molecule has 0 bridgehead atoms. The van der Waals surface area contributed by atoms with Gasteiger partial charge in [0.15, 0.2) is 0 Å². The number of aryl methyl sites for hydroxylation is 1. The van der Waals surface area contributed by atoms with E-state index in [4.69, 9.17) is 16.3 Å². The molecule has 2 aromatic carbocycles. The normalized spacial score (nSPS) is 16.4. The van der Waals surface area contributed by atoms with Crippen molar-refractivity contribution in [2.45, 2.75) is 32.1 Å². The first-order chi connectivity index (χ1) is 15.6. The lowest BCUT2D eigenvalue weighted by molar-refractivity contribution is -0.122. The average Bonchev–Trinajstić information content (AvgIpc) is 3.18. The van der Waals surface area contributed by atoms with Crippen LogP contribution in [0.25, 0.3) is 0 Å². The highest BCUT2D eigenvalue weighted by atomic mass is 35.5. The minimum atomic E-state index is -3.58. The average molecular weight is 494 g/mol. The van der Waals surface area contributed by atoms with Gasteiger partial charge in [-0.3, -0.25) is 9.59 Å². The number of amides is 2. The van der Waals surface area contributed by atoms with Gasteiger partial charge in [-0.15, -0.1) is 0 Å². The lowest BCUT2D eigenvalue weighted by atomic mass is 10.1. The molecule has 33 heavy (non-hydrogen) atoms. The molecule has 1 aliphatic heterocycles. The zero-order valence-corrected chi connectivity index (χ0v) is 20.7. The zero-order valence-electron chi connectivity index (χ0n) is 19.1. The zero-order chi connectivity index (χ0) is 24.3. The Bertz CT molecular complexity index is 1150. The summed E-state index contributed by atoms with van der Waals surface area (Å²) in [5.41, 5.74) is 1.83. The third kappa shape index (κ3) is 5.15. The highest BCUT2D eigenvalue weighted by molar-refractivity contribution is 7.89. The Morgan fingerprint density at radius 1 is 1.21 bits per heavy atom. The SMILES string of the molecule is CCN(CC)S(=O)(=O)c1ccc(N2CC(C(=O)Nc3cc(C)c(Cl)cc3OC)CC2=O)cc1. The molecule has 8 nitrogen and oxygen atoms in total. The summed E-state index contributed by atoms with van der Waals surface area (Å²) >= 11 is 6.12. The van der Waals surface area contributed by atoms with E-state index in [1.807, 2.05) is 6.92 Å². The Kier molecular flexibility index (Phi) is 7.66. The number of anilines is 2. The number of sulfonamides is 1. The Morgan fingerprint density at radius 2 is 1.85 bits per heavy atom. The summed E-state index contributed by atoms with van der Waals surface area (Å²) in [5.74, 6) is -0.622. The van der Waals surface area contributed by atoms with E-state index >= 15 is 0 Å². The largest absolute Gasteiger partial charge is 0.495 e. The predicted octanol–water partition coefficient (Wildman–Crippen LogP) is 3.68. The van der Waals surface area contributed by atoms with Crippen LogP contribution in [0.5, 0.6) is 5.75 Å². The summed E-state index contributed by atoms with van der Waals surface area (Å²) in [4.78, 5) is 27.2. The second-order valence-corrected chi connectivity index (χ2v) is 10.1. The van der Waals surface area contributed by atoms with E-state index in [1.54, 1.807) is 38.1 Å². The number of nitrogens with one attached hydrogen (secondary N) is 1. The van der Waals surface area contributed by atoms with Gasteiger partial charge in [-0.05, 0) is 42.8 Å². The van der Waals surface area contributed by atoms with E-state index in [9.17, 15) is 18.0 Å². The molecule has 1 aliphatic rings. The maximum atomic E-state index is 12.9. The van der Waals surface area contributed by atoms with Crippen molar-refractivity contribution < 1.29 is 22.7 Å². The van der Waals surface area contributed by atoms with Gasteiger partial charge in [-0.25, -0.2) is 8.42 Å². The third-order valence-corrected chi connectivity index (χ3v) is 8.20. The molecular weight excluding hydrogens is 466 g/mol. The monoisotopic (exact) mass is 493 g/mol. The molecule has 2 aromatic rings. The lowest BCUT2D eigenvalue weighted by Gasteiger charge is -2.20. The van der Waals surface area contributed by atoms with Gasteiger partial charge in [-0.2, -0.15) is 4.31 Å². The summed E-state index contributed by atoms with van der Waals surface area (Å²) < 4.78 is 32.0. The number of hydrogen-bond acceptors (Lipinski definition) is 5. The first-order valence-electron chi connectivity index (χ1n) is 10.7. The fourth-order valence-electron chi connectivity index (χ4n) is 3.81. The van der Waals surface area contributed by atoms with E-state index in [0.717, 1.165) is 5.56 Å². The number of ether oxygens (including phenoxy) is 1. The van der Waals surface area contributed by atoms with Crippen molar-refractivity contribution in [1.82, 2.24) is 4.31 Å². The van der Waals surface area contributed by atoms with Gasteiger partial charge in [-0.1, -0.05) is 25.4 Å². The number of benzene rings is 2. The fourth-order valence-corrected chi connectivity index (χ4v) is 5.42. The van der Waals surface area contributed by atoms with Gasteiger partial charge >= 0.3 is 0 Å². The molecule has 2 amide bonds. The summed E-state index contributed by atoms with van der Waals surface area (Å²) in [6, 6.07) is 9.53. The van der Waals surface area contributed by atoms with Crippen molar-refractivity contribution in [3.63, 3.8) is 0 Å². The summed E-state index contributed by atoms with van der Waals surface area (Å²) in [6.07, 6.45) is 0.0558. The number of carbonyl (C=O) groups excluding carboxylic acids is 2. The Hall–Kier alpha value is -2.62. The molecule has 0 aliphatic carbocycles. The maximum Gasteiger partial charge on any atom is 0.243 e. The van der Waals surface area contributed by atoms with Crippen molar-refractivity contribution in [1.29, 1.82) is 0 Å². The Morgan fingerprint density at radius 3 is 2.42 bits per heavy atom. The molecule has 1 fully saturated rings. The standard InChI is InChI=1S/C23H28ClN3O5S/c1-5-26(6-2)33(30,31)18-9-7-17(8-10-18)27-14-16(12-22(27)28)23(29)25-20-11-15(3)19(24)13-21(20)32-4/h7-11,13,16H,5-6,12,14H2,1-4H3,(H,25,29). The van der Waals surface area contributed by atoms with Crippen LogP contribution in [0.3, 0.4) is 0 Å². The highest BCUT2D eigenvalue weighted by Gasteiger charge is 2.35. The van der Waals surface area contributed by atoms with Crippen LogP contribution < -0.4 is 15.0 Å². The molecule has 1 unspecified atom stereocenters. The molecule has 1 saturated heterocycles. The molecule has 1 heterocycles. The van der Waals surface area contributed by atoms with E-state index < -0.39 is 15.9 Å². The topological polar surface area (TPSA) is 96.0 Å². The van der Waals surface area contributed by atoms with Crippen molar-refractivity contribution in [2.24, 2.45) is 5.92 Å². The van der Waals surface area contributed by atoms with E-state index in [-0.39, 0.29) is 29.7 Å². The molecule has 0 saturated carbocycles. The van der Waals surface area contributed by atoms with Crippen LogP contribution in [-0.2, 0) is 19.6 Å². The molecule has 1 N–H and O–H groups in total. The van der Waals surface area contributed by atoms with Crippen LogP contribution in [0.4, 0.5) is 11.4 Å². The van der Waals surface area contributed by atoms with Crippen LogP contribution in [0.2, 0.25) is 5.02 Å². The lowest BCUT2D eigenvalue weighted by Crippen LogP contribution is -2.31. The van der Waals surface area contributed by atoms with Crippen LogP contribution in [0.15, 0.2) is 41.3 Å². The molecule has 1 atom stereocenters. The predicted molar refractivity (Wildman–Crippen MR) is 128 cm³/mol. The quantitative estimate of drug-likeness (QED) is 0.605. The van der Waals surface area contributed by atoms with Crippen molar-refractivity contribution in [2.75, 3.05) is 37.0 Å². The smallest absolute Gasteiger partial charge is 0.243 e. The summed E-state index contributed by atoms with van der Waals surface area (Å²) in [7, 11) is -2.09. The van der Waals surface area contributed by atoms with Crippen LogP contribution in [0.1, 0.15) is 25.8 Å². The van der Waals surface area contributed by atoms with Crippen molar-refractivity contribution in [3.05, 3.63) is 47.0 Å². The Labute approximate surface area is 199 Å². The molecule has 10 heteroatoms.